The van der Waals surface area contributed by atoms with Crippen molar-refractivity contribution >= 4 is 0 Å². The lowest BCUT2D eigenvalue weighted by Gasteiger charge is -2.35. The Morgan fingerprint density at radius 2 is 1.94 bits per heavy atom. The van der Waals surface area contributed by atoms with E-state index in [1.807, 2.05) is 6.07 Å². The second-order valence-electron chi connectivity index (χ2n) is 5.23. The third-order valence-electron chi connectivity index (χ3n) is 3.77. The van der Waals surface area contributed by atoms with Crippen molar-refractivity contribution in [3.8, 4) is 5.75 Å². The summed E-state index contributed by atoms with van der Waals surface area (Å²) in [6, 6.07) is 6.27. The second kappa shape index (κ2) is 5.72. The van der Waals surface area contributed by atoms with Crippen LogP contribution in [0.2, 0.25) is 0 Å². The summed E-state index contributed by atoms with van der Waals surface area (Å²) in [7, 11) is 3.89. The van der Waals surface area contributed by atoms with Crippen LogP contribution >= 0.6 is 0 Å². The molecule has 0 unspecified atom stereocenters. The molecule has 0 aromatic heterocycles. The van der Waals surface area contributed by atoms with Gasteiger partial charge in [0.25, 0.3) is 0 Å². The Balaban J connectivity index is 2.05. The molecular weight excluding hydrogens is 226 g/mol. The van der Waals surface area contributed by atoms with Crippen LogP contribution in [0.3, 0.4) is 0 Å². The molecule has 0 amide bonds. The van der Waals surface area contributed by atoms with Crippen molar-refractivity contribution in [3.63, 3.8) is 0 Å². The van der Waals surface area contributed by atoms with E-state index in [-0.39, 0.29) is 12.2 Å². The van der Waals surface area contributed by atoms with Crippen LogP contribution in [-0.4, -0.2) is 44.4 Å². The Labute approximate surface area is 110 Å². The van der Waals surface area contributed by atoms with Crippen LogP contribution in [0.15, 0.2) is 18.2 Å². The summed E-state index contributed by atoms with van der Waals surface area (Å²) < 4.78 is 11.6. The minimum Gasteiger partial charge on any atom is -0.488 e. The molecule has 1 heterocycles. The molecule has 18 heavy (non-hydrogen) atoms. The van der Waals surface area contributed by atoms with Crippen LogP contribution in [0.1, 0.15) is 17.5 Å². The number of ether oxygens (including phenoxy) is 2. The van der Waals surface area contributed by atoms with Gasteiger partial charge in [-0.1, -0.05) is 6.07 Å². The molecule has 0 spiro atoms. The molecule has 1 aliphatic heterocycles. The van der Waals surface area contributed by atoms with Gasteiger partial charge < -0.3 is 14.4 Å². The van der Waals surface area contributed by atoms with E-state index in [1.165, 1.54) is 11.1 Å². The Kier molecular flexibility index (Phi) is 4.25. The fourth-order valence-electron chi connectivity index (χ4n) is 2.37. The Bertz CT molecular complexity index is 405. The van der Waals surface area contributed by atoms with E-state index >= 15 is 0 Å². The average molecular weight is 249 g/mol. The van der Waals surface area contributed by atoms with E-state index in [4.69, 9.17) is 9.47 Å². The number of likely N-dealkylation sites (N-methyl/N-ethyl adjacent to an activating group) is 1. The van der Waals surface area contributed by atoms with Crippen molar-refractivity contribution in [2.75, 3.05) is 27.2 Å². The fourth-order valence-corrected chi connectivity index (χ4v) is 2.37. The van der Waals surface area contributed by atoms with Gasteiger partial charge in [0.05, 0.1) is 0 Å². The standard InChI is InChI=1S/C15H23NO2/c1-11-5-6-13(9-12(11)2)18-14-7-8-16(3)10-15(14)17-4/h5-6,9,14-15H,7-8,10H2,1-4H3/t14-,15+/m1/s1. The number of nitrogens with zero attached hydrogens (tertiary/aromatic N) is 1. The van der Waals surface area contributed by atoms with Crippen molar-refractivity contribution in [3.05, 3.63) is 29.3 Å². The molecule has 3 nitrogen and oxygen atoms in total. The van der Waals surface area contributed by atoms with Crippen molar-refractivity contribution in [2.24, 2.45) is 0 Å². The van der Waals surface area contributed by atoms with E-state index < -0.39 is 0 Å². The Hall–Kier alpha value is -1.06. The zero-order valence-electron chi connectivity index (χ0n) is 11.8. The number of rotatable bonds is 3. The van der Waals surface area contributed by atoms with Gasteiger partial charge in [0.2, 0.25) is 0 Å². The topological polar surface area (TPSA) is 21.7 Å². The van der Waals surface area contributed by atoms with Crippen molar-refractivity contribution < 1.29 is 9.47 Å². The van der Waals surface area contributed by atoms with Gasteiger partial charge in [-0.3, -0.25) is 0 Å². The average Bonchev–Trinajstić information content (AvgIpc) is 2.36. The van der Waals surface area contributed by atoms with Crippen LogP contribution in [0, 0.1) is 13.8 Å². The van der Waals surface area contributed by atoms with Gasteiger partial charge in [-0.25, -0.2) is 0 Å². The van der Waals surface area contributed by atoms with E-state index in [0.717, 1.165) is 25.3 Å². The lowest BCUT2D eigenvalue weighted by atomic mass is 10.0. The van der Waals surface area contributed by atoms with Crippen molar-refractivity contribution in [1.29, 1.82) is 0 Å². The highest BCUT2D eigenvalue weighted by molar-refractivity contribution is 5.34. The second-order valence-corrected chi connectivity index (χ2v) is 5.23. The van der Waals surface area contributed by atoms with E-state index in [9.17, 15) is 0 Å². The maximum absolute atomic E-state index is 6.09. The molecule has 0 aliphatic carbocycles. The lowest BCUT2D eigenvalue weighted by molar-refractivity contribution is -0.0435. The van der Waals surface area contributed by atoms with Gasteiger partial charge in [0.1, 0.15) is 18.0 Å². The summed E-state index contributed by atoms with van der Waals surface area (Å²) in [6.45, 7) is 6.23. The minimum atomic E-state index is 0.158. The van der Waals surface area contributed by atoms with Crippen LogP contribution in [0.5, 0.6) is 5.75 Å². The van der Waals surface area contributed by atoms with Gasteiger partial charge in [0, 0.05) is 20.2 Å². The maximum atomic E-state index is 6.09. The highest BCUT2D eigenvalue weighted by Crippen LogP contribution is 2.22. The number of methoxy groups -OCH3 is 1. The zero-order chi connectivity index (χ0) is 13.1. The summed E-state index contributed by atoms with van der Waals surface area (Å²) in [5.74, 6) is 0.953. The van der Waals surface area contributed by atoms with Gasteiger partial charge in [-0.15, -0.1) is 0 Å². The molecule has 1 aliphatic rings. The first-order valence-corrected chi connectivity index (χ1v) is 6.55. The molecule has 0 N–H and O–H groups in total. The van der Waals surface area contributed by atoms with Crippen molar-refractivity contribution in [1.82, 2.24) is 4.90 Å². The molecule has 0 radical (unpaired) electrons. The third-order valence-corrected chi connectivity index (χ3v) is 3.77. The monoisotopic (exact) mass is 249 g/mol. The molecule has 1 saturated heterocycles. The maximum Gasteiger partial charge on any atom is 0.127 e. The van der Waals surface area contributed by atoms with Crippen molar-refractivity contribution in [2.45, 2.75) is 32.5 Å². The molecule has 2 atom stereocenters. The first kappa shape index (κ1) is 13.4. The minimum absolute atomic E-state index is 0.158. The van der Waals surface area contributed by atoms with E-state index in [0.29, 0.717) is 0 Å². The molecule has 3 heteroatoms. The fraction of sp³-hybridized carbons (Fsp3) is 0.600. The highest BCUT2D eigenvalue weighted by Gasteiger charge is 2.29. The summed E-state index contributed by atoms with van der Waals surface area (Å²) in [4.78, 5) is 2.29. The predicted octanol–water partition coefficient (Wildman–Crippen LogP) is 2.40. The number of benzene rings is 1. The molecule has 2 rings (SSSR count). The molecule has 100 valence electrons. The van der Waals surface area contributed by atoms with Crippen LogP contribution in [0.4, 0.5) is 0 Å². The van der Waals surface area contributed by atoms with Gasteiger partial charge in [-0.05, 0) is 50.6 Å². The smallest absolute Gasteiger partial charge is 0.127 e. The first-order valence-electron chi connectivity index (χ1n) is 6.55. The highest BCUT2D eigenvalue weighted by atomic mass is 16.5. The summed E-state index contributed by atoms with van der Waals surface area (Å²) >= 11 is 0. The number of likely N-dealkylation sites (tertiary alicyclic amines) is 1. The van der Waals surface area contributed by atoms with Crippen LogP contribution in [-0.2, 0) is 4.74 Å². The quantitative estimate of drug-likeness (QED) is 0.821. The molecule has 0 saturated carbocycles. The summed E-state index contributed by atoms with van der Waals surface area (Å²) in [5.41, 5.74) is 2.57. The predicted molar refractivity (Wildman–Crippen MR) is 73.2 cm³/mol. The lowest BCUT2D eigenvalue weighted by Crippen LogP contribution is -2.48. The van der Waals surface area contributed by atoms with E-state index in [1.54, 1.807) is 7.11 Å². The number of aryl methyl sites for hydroxylation is 2. The number of hydrogen-bond acceptors (Lipinski definition) is 3. The molecule has 0 bridgehead atoms. The first-order chi connectivity index (χ1) is 8.60. The van der Waals surface area contributed by atoms with Gasteiger partial charge in [-0.2, -0.15) is 0 Å². The van der Waals surface area contributed by atoms with Crippen LogP contribution in [0.25, 0.3) is 0 Å². The van der Waals surface area contributed by atoms with E-state index in [2.05, 4.69) is 37.9 Å². The number of hydrogen-bond donors (Lipinski definition) is 0. The Morgan fingerprint density at radius 1 is 1.17 bits per heavy atom. The SMILES string of the molecule is CO[C@H]1CN(C)CC[C@H]1Oc1ccc(C)c(C)c1. The zero-order valence-corrected chi connectivity index (χ0v) is 11.8. The third kappa shape index (κ3) is 3.03. The summed E-state index contributed by atoms with van der Waals surface area (Å²) in [5, 5.41) is 0. The number of piperidine rings is 1. The molecule has 1 aromatic rings. The van der Waals surface area contributed by atoms with Gasteiger partial charge >= 0.3 is 0 Å². The van der Waals surface area contributed by atoms with Gasteiger partial charge in [0.15, 0.2) is 0 Å². The molecule has 1 fully saturated rings. The normalized spacial score (nSPS) is 25.1. The van der Waals surface area contributed by atoms with Crippen LogP contribution < -0.4 is 4.74 Å². The molecular formula is C15H23NO2. The Morgan fingerprint density at radius 3 is 2.61 bits per heavy atom. The largest absolute Gasteiger partial charge is 0.488 e. The molecule has 1 aromatic carbocycles. The summed E-state index contributed by atoms with van der Waals surface area (Å²) in [6.07, 6.45) is 1.33.